The first-order valence-electron chi connectivity index (χ1n) is 11.8. The van der Waals surface area contributed by atoms with Gasteiger partial charge in [0.2, 0.25) is 5.95 Å². The van der Waals surface area contributed by atoms with Crippen LogP contribution in [0.25, 0.3) is 0 Å². The molecule has 2 saturated heterocycles. The normalized spacial score (nSPS) is 36.7. The summed E-state index contributed by atoms with van der Waals surface area (Å²) in [6.45, 7) is 5.88. The molecule has 0 atom stereocenters. The lowest BCUT2D eigenvalue weighted by molar-refractivity contribution is -0.106. The van der Waals surface area contributed by atoms with E-state index in [1.165, 1.54) is 83.4 Å². The fourth-order valence-electron chi connectivity index (χ4n) is 8.14. The molecule has 3 heterocycles. The summed E-state index contributed by atoms with van der Waals surface area (Å²) < 4.78 is 0. The van der Waals surface area contributed by atoms with Crippen LogP contribution in [-0.2, 0) is 0 Å². The minimum Gasteiger partial charge on any atom is -0.341 e. The second-order valence-corrected chi connectivity index (χ2v) is 11.3. The molecule has 1 aromatic rings. The van der Waals surface area contributed by atoms with Crippen LogP contribution in [0.5, 0.6) is 0 Å². The van der Waals surface area contributed by atoms with Crippen molar-refractivity contribution in [3.05, 3.63) is 18.0 Å². The molecule has 0 aromatic carbocycles. The molecular formula is C23H33N5O2. The summed E-state index contributed by atoms with van der Waals surface area (Å²) in [5.41, 5.74) is 3.05. The summed E-state index contributed by atoms with van der Waals surface area (Å²) in [5.74, 6) is 3.25. The van der Waals surface area contributed by atoms with Gasteiger partial charge in [-0.25, -0.2) is 15.4 Å². The molecule has 7 nitrogen and oxygen atoms in total. The monoisotopic (exact) mass is 411 g/mol. The van der Waals surface area contributed by atoms with E-state index in [0.29, 0.717) is 16.8 Å². The maximum absolute atomic E-state index is 11.4. The summed E-state index contributed by atoms with van der Waals surface area (Å²) in [7, 11) is 0. The standard InChI is InChI=1S/C23H33N5O2/c29-20(26-30)19-11-24-21(25-12-19)28-3-1-22(2-4-28)13-27(14-22)15-23-8-16-5-17(9-23)7-18(6-16)10-23/h11-12,16-18,30H,1-10,13-15H2,(H,26,29). The zero-order chi connectivity index (χ0) is 20.3. The lowest BCUT2D eigenvalue weighted by atomic mass is 9.49. The SMILES string of the molecule is O=C(NO)c1cnc(N2CCC3(CC2)CN(CC24CC5CC(CC(C5)C2)C4)C3)nc1. The van der Waals surface area contributed by atoms with Crippen LogP contribution in [0.3, 0.4) is 0 Å². The van der Waals surface area contributed by atoms with Crippen molar-refractivity contribution in [1.29, 1.82) is 0 Å². The molecule has 1 aromatic heterocycles. The smallest absolute Gasteiger partial charge is 0.277 e. The average molecular weight is 412 g/mol. The van der Waals surface area contributed by atoms with Crippen LogP contribution in [0.4, 0.5) is 5.95 Å². The van der Waals surface area contributed by atoms with E-state index in [9.17, 15) is 4.79 Å². The first-order valence-corrected chi connectivity index (χ1v) is 11.8. The van der Waals surface area contributed by atoms with E-state index in [1.807, 2.05) is 0 Å². The molecule has 0 unspecified atom stereocenters. The topological polar surface area (TPSA) is 81.6 Å². The van der Waals surface area contributed by atoms with Crippen LogP contribution >= 0.6 is 0 Å². The molecule has 0 radical (unpaired) electrons. The van der Waals surface area contributed by atoms with E-state index in [-0.39, 0.29) is 5.56 Å². The van der Waals surface area contributed by atoms with E-state index < -0.39 is 5.91 Å². The van der Waals surface area contributed by atoms with Crippen LogP contribution in [0, 0.1) is 28.6 Å². The summed E-state index contributed by atoms with van der Waals surface area (Å²) >= 11 is 0. The Balaban J connectivity index is 1.02. The molecule has 162 valence electrons. The maximum atomic E-state index is 11.4. The summed E-state index contributed by atoms with van der Waals surface area (Å²) in [4.78, 5) is 25.1. The Morgan fingerprint density at radius 1 is 1.03 bits per heavy atom. The van der Waals surface area contributed by atoms with E-state index in [1.54, 1.807) is 5.48 Å². The number of carbonyl (C=O) groups is 1. The van der Waals surface area contributed by atoms with Gasteiger partial charge in [0.25, 0.3) is 5.91 Å². The highest BCUT2D eigenvalue weighted by Gasteiger charge is 2.54. The number of anilines is 1. The van der Waals surface area contributed by atoms with E-state index in [0.717, 1.165) is 30.8 Å². The summed E-state index contributed by atoms with van der Waals surface area (Å²) in [6, 6.07) is 0. The molecule has 30 heavy (non-hydrogen) atoms. The van der Waals surface area contributed by atoms with Gasteiger partial charge in [0.05, 0.1) is 5.56 Å². The highest BCUT2D eigenvalue weighted by molar-refractivity contribution is 5.92. The van der Waals surface area contributed by atoms with Crippen molar-refractivity contribution in [3.8, 4) is 0 Å². The molecule has 6 aliphatic rings. The Morgan fingerprint density at radius 2 is 1.60 bits per heavy atom. The number of likely N-dealkylation sites (tertiary alicyclic amines) is 1. The van der Waals surface area contributed by atoms with Gasteiger partial charge >= 0.3 is 0 Å². The first-order chi connectivity index (χ1) is 14.5. The Bertz CT molecular complexity index is 774. The number of aromatic nitrogens is 2. The number of hydrogen-bond acceptors (Lipinski definition) is 6. The second kappa shape index (κ2) is 6.89. The lowest BCUT2D eigenvalue weighted by Gasteiger charge is -2.61. The average Bonchev–Trinajstić information content (AvgIpc) is 2.71. The Morgan fingerprint density at radius 3 is 2.13 bits per heavy atom. The third-order valence-corrected chi connectivity index (χ3v) is 8.95. The van der Waals surface area contributed by atoms with Gasteiger partial charge in [-0.3, -0.25) is 10.0 Å². The van der Waals surface area contributed by atoms with Crippen LogP contribution in [0.15, 0.2) is 12.4 Å². The van der Waals surface area contributed by atoms with Gasteiger partial charge in [0.1, 0.15) is 0 Å². The molecular weight excluding hydrogens is 378 g/mol. The van der Waals surface area contributed by atoms with E-state index >= 15 is 0 Å². The van der Waals surface area contributed by atoms with Crippen molar-refractivity contribution in [2.24, 2.45) is 28.6 Å². The zero-order valence-corrected chi connectivity index (χ0v) is 17.7. The van der Waals surface area contributed by atoms with Gasteiger partial charge in [0.15, 0.2) is 0 Å². The Labute approximate surface area is 178 Å². The van der Waals surface area contributed by atoms with Crippen molar-refractivity contribution in [3.63, 3.8) is 0 Å². The van der Waals surface area contributed by atoms with E-state index in [4.69, 9.17) is 5.21 Å². The number of hydroxylamine groups is 1. The quantitative estimate of drug-likeness (QED) is 0.586. The molecule has 1 amide bonds. The molecule has 6 fully saturated rings. The maximum Gasteiger partial charge on any atom is 0.277 e. The van der Waals surface area contributed by atoms with Crippen LogP contribution < -0.4 is 10.4 Å². The van der Waals surface area contributed by atoms with Gasteiger partial charge in [0, 0.05) is 45.1 Å². The van der Waals surface area contributed by atoms with Crippen molar-refractivity contribution < 1.29 is 10.0 Å². The van der Waals surface area contributed by atoms with Crippen molar-refractivity contribution in [2.75, 3.05) is 37.6 Å². The number of piperidine rings is 1. The Hall–Kier alpha value is -1.73. The summed E-state index contributed by atoms with van der Waals surface area (Å²) in [6.07, 6.45) is 14.5. The van der Waals surface area contributed by atoms with Crippen LogP contribution in [0.1, 0.15) is 61.7 Å². The molecule has 4 bridgehead atoms. The second-order valence-electron chi connectivity index (χ2n) is 11.3. The molecule has 2 aliphatic heterocycles. The predicted octanol–water partition coefficient (Wildman–Crippen LogP) is 2.71. The van der Waals surface area contributed by atoms with Crippen molar-refractivity contribution in [2.45, 2.75) is 51.4 Å². The van der Waals surface area contributed by atoms with Gasteiger partial charge in [-0.15, -0.1) is 0 Å². The predicted molar refractivity (Wildman–Crippen MR) is 112 cm³/mol. The largest absolute Gasteiger partial charge is 0.341 e. The zero-order valence-electron chi connectivity index (χ0n) is 17.7. The third-order valence-electron chi connectivity index (χ3n) is 8.95. The van der Waals surface area contributed by atoms with Crippen molar-refractivity contribution >= 4 is 11.9 Å². The highest BCUT2D eigenvalue weighted by Crippen LogP contribution is 2.60. The van der Waals surface area contributed by atoms with Crippen LogP contribution in [0.2, 0.25) is 0 Å². The minimum absolute atomic E-state index is 0.272. The molecule has 1 spiro atoms. The number of nitrogens with one attached hydrogen (secondary N) is 1. The van der Waals surface area contributed by atoms with Gasteiger partial charge in [-0.2, -0.15) is 0 Å². The molecule has 4 saturated carbocycles. The lowest BCUT2D eigenvalue weighted by Crippen LogP contribution is -2.63. The fraction of sp³-hybridized carbons (Fsp3) is 0.783. The fourth-order valence-corrected chi connectivity index (χ4v) is 8.14. The molecule has 7 rings (SSSR count). The van der Waals surface area contributed by atoms with Crippen molar-refractivity contribution in [1.82, 2.24) is 20.3 Å². The number of rotatable bonds is 4. The van der Waals surface area contributed by atoms with Gasteiger partial charge in [-0.05, 0) is 80.0 Å². The molecule has 4 aliphatic carbocycles. The molecule has 7 heteroatoms. The van der Waals surface area contributed by atoms with E-state index in [2.05, 4.69) is 19.8 Å². The van der Waals surface area contributed by atoms with Crippen LogP contribution in [-0.4, -0.2) is 58.7 Å². The number of hydrogen-bond donors (Lipinski definition) is 2. The highest BCUT2D eigenvalue weighted by atomic mass is 16.5. The number of nitrogens with zero attached hydrogens (tertiary/aromatic N) is 4. The van der Waals surface area contributed by atoms with Gasteiger partial charge < -0.3 is 9.80 Å². The molecule has 2 N–H and O–H groups in total. The number of amides is 1. The Kier molecular flexibility index (Phi) is 4.36. The summed E-state index contributed by atoms with van der Waals surface area (Å²) in [5, 5.41) is 8.72. The number of carbonyl (C=O) groups excluding carboxylic acids is 1. The minimum atomic E-state index is -0.576. The first kappa shape index (κ1) is 19.0. The van der Waals surface area contributed by atoms with Gasteiger partial charge in [-0.1, -0.05) is 0 Å². The third kappa shape index (κ3) is 3.21.